The van der Waals surface area contributed by atoms with Gasteiger partial charge in [0.2, 0.25) is 0 Å². The van der Waals surface area contributed by atoms with E-state index in [0.29, 0.717) is 11.4 Å². The van der Waals surface area contributed by atoms with Crippen LogP contribution in [0, 0.1) is 6.92 Å². The van der Waals surface area contributed by atoms with Crippen molar-refractivity contribution in [3.8, 4) is 0 Å². The molecule has 3 N–H and O–H groups in total. The zero-order valence-electron chi connectivity index (χ0n) is 11.1. The molecule has 0 aliphatic rings. The van der Waals surface area contributed by atoms with Gasteiger partial charge in [-0.2, -0.15) is 0 Å². The summed E-state index contributed by atoms with van der Waals surface area (Å²) in [5.74, 6) is 0.195. The minimum atomic E-state index is -0.148. The number of nitrogens with one attached hydrogen (secondary N) is 1. The van der Waals surface area contributed by atoms with Crippen molar-refractivity contribution in [2.45, 2.75) is 19.9 Å². The van der Waals surface area contributed by atoms with Gasteiger partial charge in [-0.05, 0) is 37.1 Å². The van der Waals surface area contributed by atoms with E-state index in [1.807, 2.05) is 38.1 Å². The molecule has 1 amide bonds. The van der Waals surface area contributed by atoms with Crippen molar-refractivity contribution in [2.75, 3.05) is 5.73 Å². The SMILES string of the molecule is Cc1ccccc1C(C)NC(=O)c1ccnc(N)c1. The Labute approximate surface area is 112 Å². The number of rotatable bonds is 3. The van der Waals surface area contributed by atoms with Gasteiger partial charge in [-0.25, -0.2) is 4.98 Å². The van der Waals surface area contributed by atoms with Crippen LogP contribution in [0.2, 0.25) is 0 Å². The molecule has 98 valence electrons. The van der Waals surface area contributed by atoms with Crippen molar-refractivity contribution in [3.05, 3.63) is 59.3 Å². The molecule has 0 bridgehead atoms. The normalized spacial score (nSPS) is 11.9. The number of pyridine rings is 1. The second kappa shape index (κ2) is 5.52. The van der Waals surface area contributed by atoms with Crippen LogP contribution in [-0.2, 0) is 0 Å². The van der Waals surface area contributed by atoms with Crippen LogP contribution in [0.4, 0.5) is 5.82 Å². The summed E-state index contributed by atoms with van der Waals surface area (Å²) < 4.78 is 0. The minimum Gasteiger partial charge on any atom is -0.384 e. The number of nitrogen functional groups attached to an aromatic ring is 1. The topological polar surface area (TPSA) is 68.0 Å². The monoisotopic (exact) mass is 255 g/mol. The van der Waals surface area contributed by atoms with Crippen LogP contribution in [-0.4, -0.2) is 10.9 Å². The number of nitrogens with two attached hydrogens (primary N) is 1. The Bertz CT molecular complexity index is 595. The molecule has 4 heteroatoms. The summed E-state index contributed by atoms with van der Waals surface area (Å²) >= 11 is 0. The van der Waals surface area contributed by atoms with Gasteiger partial charge in [0.05, 0.1) is 6.04 Å². The largest absolute Gasteiger partial charge is 0.384 e. The number of benzene rings is 1. The van der Waals surface area contributed by atoms with Gasteiger partial charge in [-0.15, -0.1) is 0 Å². The first kappa shape index (κ1) is 13.1. The number of anilines is 1. The fourth-order valence-electron chi connectivity index (χ4n) is 2.02. The molecule has 0 aliphatic heterocycles. The molecule has 0 spiro atoms. The molecule has 1 aromatic heterocycles. The number of aromatic nitrogens is 1. The van der Waals surface area contributed by atoms with E-state index in [1.54, 1.807) is 12.1 Å². The Morgan fingerprint density at radius 2 is 2.05 bits per heavy atom. The maximum absolute atomic E-state index is 12.1. The van der Waals surface area contributed by atoms with Gasteiger partial charge in [0.25, 0.3) is 5.91 Å². The van der Waals surface area contributed by atoms with Crippen molar-refractivity contribution >= 4 is 11.7 Å². The highest BCUT2D eigenvalue weighted by Gasteiger charge is 2.13. The van der Waals surface area contributed by atoms with E-state index in [1.165, 1.54) is 6.20 Å². The highest BCUT2D eigenvalue weighted by atomic mass is 16.1. The van der Waals surface area contributed by atoms with Crippen LogP contribution >= 0.6 is 0 Å². The summed E-state index contributed by atoms with van der Waals surface area (Å²) in [6, 6.07) is 11.2. The highest BCUT2D eigenvalue weighted by molar-refractivity contribution is 5.94. The Balaban J connectivity index is 2.13. The molecule has 1 heterocycles. The highest BCUT2D eigenvalue weighted by Crippen LogP contribution is 2.17. The molecule has 0 saturated carbocycles. The molecular weight excluding hydrogens is 238 g/mol. The van der Waals surface area contributed by atoms with Crippen LogP contribution < -0.4 is 11.1 Å². The summed E-state index contributed by atoms with van der Waals surface area (Å²) in [6.07, 6.45) is 1.53. The number of aryl methyl sites for hydroxylation is 1. The first-order chi connectivity index (χ1) is 9.08. The number of carbonyl (C=O) groups is 1. The van der Waals surface area contributed by atoms with Gasteiger partial charge in [0, 0.05) is 11.8 Å². The average molecular weight is 255 g/mol. The molecule has 0 saturated heterocycles. The summed E-state index contributed by atoms with van der Waals surface area (Å²) in [5.41, 5.74) is 8.36. The van der Waals surface area contributed by atoms with Gasteiger partial charge < -0.3 is 11.1 Å². The predicted molar refractivity (Wildman–Crippen MR) is 75.7 cm³/mol. The van der Waals surface area contributed by atoms with Crippen molar-refractivity contribution < 1.29 is 4.79 Å². The van der Waals surface area contributed by atoms with Gasteiger partial charge in [-0.3, -0.25) is 4.79 Å². The number of nitrogens with zero attached hydrogens (tertiary/aromatic N) is 1. The van der Waals surface area contributed by atoms with Gasteiger partial charge >= 0.3 is 0 Å². The standard InChI is InChI=1S/C15H17N3O/c1-10-5-3-4-6-13(10)11(2)18-15(19)12-7-8-17-14(16)9-12/h3-9,11H,1-2H3,(H2,16,17)(H,18,19). The van der Waals surface area contributed by atoms with Crippen LogP contribution in [0.15, 0.2) is 42.6 Å². The molecule has 1 atom stereocenters. The molecule has 0 aliphatic carbocycles. The second-order valence-corrected chi connectivity index (χ2v) is 4.52. The summed E-state index contributed by atoms with van der Waals surface area (Å²) in [7, 11) is 0. The fourth-order valence-corrected chi connectivity index (χ4v) is 2.02. The Morgan fingerprint density at radius 3 is 2.74 bits per heavy atom. The molecule has 1 aromatic carbocycles. The average Bonchev–Trinajstić information content (AvgIpc) is 2.39. The first-order valence-electron chi connectivity index (χ1n) is 6.16. The second-order valence-electron chi connectivity index (χ2n) is 4.52. The van der Waals surface area contributed by atoms with Crippen molar-refractivity contribution in [1.82, 2.24) is 10.3 Å². The first-order valence-corrected chi connectivity index (χ1v) is 6.16. The van der Waals surface area contributed by atoms with E-state index >= 15 is 0 Å². The van der Waals surface area contributed by atoms with E-state index < -0.39 is 0 Å². The summed E-state index contributed by atoms with van der Waals surface area (Å²) in [6.45, 7) is 3.99. The Morgan fingerprint density at radius 1 is 1.32 bits per heavy atom. The number of amides is 1. The van der Waals surface area contributed by atoms with E-state index in [9.17, 15) is 4.79 Å². The Hall–Kier alpha value is -2.36. The molecule has 2 aromatic rings. The molecule has 4 nitrogen and oxygen atoms in total. The maximum Gasteiger partial charge on any atom is 0.251 e. The lowest BCUT2D eigenvalue weighted by Crippen LogP contribution is -2.27. The van der Waals surface area contributed by atoms with Gasteiger partial charge in [0.1, 0.15) is 5.82 Å². The number of carbonyl (C=O) groups excluding carboxylic acids is 1. The number of hydrogen-bond donors (Lipinski definition) is 2. The molecule has 1 unspecified atom stereocenters. The van der Waals surface area contributed by atoms with E-state index in [4.69, 9.17) is 5.73 Å². The summed E-state index contributed by atoms with van der Waals surface area (Å²) in [5, 5.41) is 2.96. The Kier molecular flexibility index (Phi) is 3.80. The smallest absolute Gasteiger partial charge is 0.251 e. The van der Waals surface area contributed by atoms with Gasteiger partial charge in [-0.1, -0.05) is 24.3 Å². The van der Waals surface area contributed by atoms with Crippen molar-refractivity contribution in [2.24, 2.45) is 0 Å². The van der Waals surface area contributed by atoms with Crippen molar-refractivity contribution in [1.29, 1.82) is 0 Å². The van der Waals surface area contributed by atoms with Crippen LogP contribution in [0.1, 0.15) is 34.5 Å². The number of hydrogen-bond acceptors (Lipinski definition) is 3. The van der Waals surface area contributed by atoms with Crippen LogP contribution in [0.5, 0.6) is 0 Å². The van der Waals surface area contributed by atoms with Crippen LogP contribution in [0.25, 0.3) is 0 Å². The lowest BCUT2D eigenvalue weighted by atomic mass is 10.0. The predicted octanol–water partition coefficient (Wildman–Crippen LogP) is 2.46. The molecular formula is C15H17N3O. The van der Waals surface area contributed by atoms with E-state index in [2.05, 4.69) is 10.3 Å². The fraction of sp³-hybridized carbons (Fsp3) is 0.200. The van der Waals surface area contributed by atoms with E-state index in [-0.39, 0.29) is 11.9 Å². The maximum atomic E-state index is 12.1. The minimum absolute atomic E-state index is 0.0527. The lowest BCUT2D eigenvalue weighted by Gasteiger charge is -2.16. The summed E-state index contributed by atoms with van der Waals surface area (Å²) in [4.78, 5) is 16.0. The molecule has 2 rings (SSSR count). The lowest BCUT2D eigenvalue weighted by molar-refractivity contribution is 0.0940. The van der Waals surface area contributed by atoms with Crippen molar-refractivity contribution in [3.63, 3.8) is 0 Å². The molecule has 0 fully saturated rings. The third kappa shape index (κ3) is 3.10. The van der Waals surface area contributed by atoms with Gasteiger partial charge in [0.15, 0.2) is 0 Å². The van der Waals surface area contributed by atoms with E-state index in [0.717, 1.165) is 11.1 Å². The third-order valence-corrected chi connectivity index (χ3v) is 3.05. The zero-order valence-corrected chi connectivity index (χ0v) is 11.1. The zero-order chi connectivity index (χ0) is 13.8. The third-order valence-electron chi connectivity index (χ3n) is 3.05. The quantitative estimate of drug-likeness (QED) is 0.885. The molecule has 0 radical (unpaired) electrons. The molecule has 19 heavy (non-hydrogen) atoms. The van der Waals surface area contributed by atoms with Crippen LogP contribution in [0.3, 0.4) is 0 Å².